The fourth-order valence-corrected chi connectivity index (χ4v) is 2.60. The highest BCUT2D eigenvalue weighted by Gasteiger charge is 2.09. The summed E-state index contributed by atoms with van der Waals surface area (Å²) in [5, 5.41) is 10.4. The number of halogens is 1. The Morgan fingerprint density at radius 1 is 1.42 bits per heavy atom. The van der Waals surface area contributed by atoms with Crippen LogP contribution in [-0.4, -0.2) is 17.2 Å². The van der Waals surface area contributed by atoms with E-state index in [9.17, 15) is 9.50 Å². The summed E-state index contributed by atoms with van der Waals surface area (Å²) in [6, 6.07) is 5.57. The molecule has 19 heavy (non-hydrogen) atoms. The average Bonchev–Trinajstić information content (AvgIpc) is 2.79. The van der Waals surface area contributed by atoms with E-state index in [2.05, 4.69) is 4.98 Å². The minimum atomic E-state index is -0.445. The van der Waals surface area contributed by atoms with Crippen LogP contribution in [0.2, 0.25) is 0 Å². The lowest BCUT2D eigenvalue weighted by Gasteiger charge is -1.97. The highest BCUT2D eigenvalue weighted by atomic mass is 32.1. The smallest absolute Gasteiger partial charge is 0.124 e. The van der Waals surface area contributed by atoms with Crippen LogP contribution in [0.25, 0.3) is 15.8 Å². The lowest BCUT2D eigenvalue weighted by Crippen LogP contribution is -1.84. The third-order valence-corrected chi connectivity index (χ3v) is 3.77. The SMILES string of the molecule is COc1ccc2nc(/C(C)=C(O)/C=C(\C)F)sc2c1. The van der Waals surface area contributed by atoms with Crippen LogP contribution in [0.4, 0.5) is 4.39 Å². The number of hydrogen-bond acceptors (Lipinski definition) is 4. The molecule has 0 radical (unpaired) electrons. The number of aliphatic hydroxyl groups excluding tert-OH is 1. The van der Waals surface area contributed by atoms with Gasteiger partial charge in [-0.15, -0.1) is 11.3 Å². The van der Waals surface area contributed by atoms with Gasteiger partial charge in [-0.2, -0.15) is 0 Å². The van der Waals surface area contributed by atoms with E-state index in [-0.39, 0.29) is 5.76 Å². The molecule has 0 spiro atoms. The van der Waals surface area contributed by atoms with Crippen LogP contribution < -0.4 is 4.74 Å². The van der Waals surface area contributed by atoms with Crippen LogP contribution >= 0.6 is 11.3 Å². The first-order chi connectivity index (χ1) is 9.01. The van der Waals surface area contributed by atoms with Gasteiger partial charge in [0.1, 0.15) is 22.3 Å². The summed E-state index contributed by atoms with van der Waals surface area (Å²) in [6.07, 6.45) is 1.09. The Morgan fingerprint density at radius 2 is 2.16 bits per heavy atom. The van der Waals surface area contributed by atoms with E-state index >= 15 is 0 Å². The van der Waals surface area contributed by atoms with Crippen molar-refractivity contribution in [3.8, 4) is 5.75 Å². The minimum Gasteiger partial charge on any atom is -0.507 e. The molecule has 1 aromatic heterocycles. The zero-order chi connectivity index (χ0) is 14.0. The summed E-state index contributed by atoms with van der Waals surface area (Å²) in [6.45, 7) is 3.00. The fourth-order valence-electron chi connectivity index (χ4n) is 1.60. The van der Waals surface area contributed by atoms with Crippen molar-refractivity contribution < 1.29 is 14.2 Å². The van der Waals surface area contributed by atoms with Crippen LogP contribution in [0.1, 0.15) is 18.9 Å². The van der Waals surface area contributed by atoms with Gasteiger partial charge < -0.3 is 9.84 Å². The van der Waals surface area contributed by atoms with Crippen LogP contribution in [-0.2, 0) is 0 Å². The van der Waals surface area contributed by atoms with Gasteiger partial charge in [0.2, 0.25) is 0 Å². The van der Waals surface area contributed by atoms with E-state index in [1.807, 2.05) is 18.2 Å². The monoisotopic (exact) mass is 279 g/mol. The van der Waals surface area contributed by atoms with Gasteiger partial charge in [-0.25, -0.2) is 9.37 Å². The zero-order valence-electron chi connectivity index (χ0n) is 10.9. The number of aromatic nitrogens is 1. The Bertz CT molecular complexity index is 669. The van der Waals surface area contributed by atoms with Gasteiger partial charge in [-0.05, 0) is 32.0 Å². The number of aliphatic hydroxyl groups is 1. The second-order valence-electron chi connectivity index (χ2n) is 4.09. The summed E-state index contributed by atoms with van der Waals surface area (Å²) in [4.78, 5) is 4.41. The molecule has 0 aliphatic carbocycles. The Hall–Kier alpha value is -1.88. The van der Waals surface area contributed by atoms with E-state index in [4.69, 9.17) is 4.74 Å². The number of methoxy groups -OCH3 is 1. The van der Waals surface area contributed by atoms with E-state index in [1.165, 1.54) is 18.3 Å². The molecule has 5 heteroatoms. The van der Waals surface area contributed by atoms with Crippen molar-refractivity contribution in [1.29, 1.82) is 0 Å². The molecule has 0 unspecified atom stereocenters. The normalized spacial score (nSPS) is 13.6. The molecule has 1 N–H and O–H groups in total. The predicted molar refractivity (Wildman–Crippen MR) is 76.3 cm³/mol. The van der Waals surface area contributed by atoms with Crippen LogP contribution in [0.5, 0.6) is 5.75 Å². The Balaban J connectivity index is 2.49. The lowest BCUT2D eigenvalue weighted by atomic mass is 10.2. The molecule has 0 saturated carbocycles. The van der Waals surface area contributed by atoms with Crippen molar-refractivity contribution in [3.05, 3.63) is 40.9 Å². The van der Waals surface area contributed by atoms with Crippen LogP contribution in [0, 0.1) is 0 Å². The second kappa shape index (κ2) is 5.40. The van der Waals surface area contributed by atoms with E-state index in [0.717, 1.165) is 22.0 Å². The number of nitrogens with zero attached hydrogens (tertiary/aromatic N) is 1. The number of ether oxygens (including phenoxy) is 1. The molecule has 2 aromatic rings. The molecule has 2 rings (SSSR count). The zero-order valence-corrected chi connectivity index (χ0v) is 11.7. The molecule has 0 aliphatic heterocycles. The molecular weight excluding hydrogens is 265 g/mol. The van der Waals surface area contributed by atoms with Crippen molar-refractivity contribution in [3.63, 3.8) is 0 Å². The van der Waals surface area contributed by atoms with Gasteiger partial charge in [0.15, 0.2) is 0 Å². The molecular formula is C14H14FNO2S. The predicted octanol–water partition coefficient (Wildman–Crippen LogP) is 4.47. The number of hydrogen-bond donors (Lipinski definition) is 1. The summed E-state index contributed by atoms with van der Waals surface area (Å²) in [5.41, 5.74) is 1.38. The Labute approximate surface area is 114 Å². The summed E-state index contributed by atoms with van der Waals surface area (Å²) in [5.74, 6) is 0.207. The van der Waals surface area contributed by atoms with Gasteiger partial charge in [0.25, 0.3) is 0 Å². The van der Waals surface area contributed by atoms with E-state index in [1.54, 1.807) is 14.0 Å². The maximum Gasteiger partial charge on any atom is 0.124 e. The molecule has 0 atom stereocenters. The van der Waals surface area contributed by atoms with Crippen molar-refractivity contribution in [2.75, 3.05) is 7.11 Å². The number of fused-ring (bicyclic) bond motifs is 1. The molecule has 1 aromatic carbocycles. The van der Waals surface area contributed by atoms with Gasteiger partial charge in [0, 0.05) is 11.6 Å². The van der Waals surface area contributed by atoms with Gasteiger partial charge in [0.05, 0.1) is 17.3 Å². The third kappa shape index (κ3) is 2.93. The average molecular weight is 279 g/mol. The maximum absolute atomic E-state index is 12.8. The number of thiazole rings is 1. The first kappa shape index (κ1) is 13.5. The largest absolute Gasteiger partial charge is 0.507 e. The van der Waals surface area contributed by atoms with Gasteiger partial charge >= 0.3 is 0 Å². The molecule has 3 nitrogen and oxygen atoms in total. The Morgan fingerprint density at radius 3 is 2.79 bits per heavy atom. The van der Waals surface area contributed by atoms with Crippen molar-refractivity contribution in [2.24, 2.45) is 0 Å². The highest BCUT2D eigenvalue weighted by molar-refractivity contribution is 7.19. The first-order valence-electron chi connectivity index (χ1n) is 5.70. The third-order valence-electron chi connectivity index (χ3n) is 2.64. The quantitative estimate of drug-likeness (QED) is 0.666. The number of rotatable bonds is 3. The molecule has 0 saturated heterocycles. The van der Waals surface area contributed by atoms with Crippen molar-refractivity contribution in [2.45, 2.75) is 13.8 Å². The Kier molecular flexibility index (Phi) is 3.85. The van der Waals surface area contributed by atoms with Crippen LogP contribution in [0.3, 0.4) is 0 Å². The summed E-state index contributed by atoms with van der Waals surface area (Å²) >= 11 is 1.43. The number of allylic oxidation sites excluding steroid dienone is 3. The van der Waals surface area contributed by atoms with E-state index in [0.29, 0.717) is 10.6 Å². The first-order valence-corrected chi connectivity index (χ1v) is 6.51. The number of benzene rings is 1. The molecule has 1 heterocycles. The highest BCUT2D eigenvalue weighted by Crippen LogP contribution is 2.31. The van der Waals surface area contributed by atoms with Crippen molar-refractivity contribution >= 4 is 27.1 Å². The fraction of sp³-hybridized carbons (Fsp3) is 0.214. The summed E-state index contributed by atoms with van der Waals surface area (Å²) < 4.78 is 18.9. The molecule has 0 aliphatic rings. The molecule has 0 amide bonds. The molecule has 0 fully saturated rings. The topological polar surface area (TPSA) is 42.4 Å². The molecule has 0 bridgehead atoms. The standard InChI is InChI=1S/C14H14FNO2S/c1-8(15)6-12(17)9(2)14-16-11-5-4-10(18-3)7-13(11)19-14/h4-7,17H,1-3H3/b8-6+,12-9-. The lowest BCUT2D eigenvalue weighted by molar-refractivity contribution is 0.415. The summed E-state index contributed by atoms with van der Waals surface area (Å²) in [7, 11) is 1.61. The van der Waals surface area contributed by atoms with Gasteiger partial charge in [-0.3, -0.25) is 0 Å². The van der Waals surface area contributed by atoms with E-state index < -0.39 is 5.83 Å². The maximum atomic E-state index is 12.8. The minimum absolute atomic E-state index is 0.106. The van der Waals surface area contributed by atoms with Crippen molar-refractivity contribution in [1.82, 2.24) is 4.98 Å². The second-order valence-corrected chi connectivity index (χ2v) is 5.12. The van der Waals surface area contributed by atoms with Crippen LogP contribution in [0.15, 0.2) is 35.9 Å². The van der Waals surface area contributed by atoms with Gasteiger partial charge in [-0.1, -0.05) is 0 Å². The molecule has 100 valence electrons.